The minimum absolute atomic E-state index is 0.266. The number of carbonyl (C=O) groups is 1. The Bertz CT molecular complexity index is 604. The van der Waals surface area contributed by atoms with E-state index in [9.17, 15) is 4.79 Å². The van der Waals surface area contributed by atoms with Crippen LogP contribution < -0.4 is 5.32 Å². The fourth-order valence-electron chi connectivity index (χ4n) is 4.33. The van der Waals surface area contributed by atoms with Crippen molar-refractivity contribution in [3.63, 3.8) is 0 Å². The van der Waals surface area contributed by atoms with Crippen molar-refractivity contribution >= 4 is 5.91 Å². The summed E-state index contributed by atoms with van der Waals surface area (Å²) < 4.78 is 5.59. The fraction of sp³-hybridized carbons (Fsp3) is 0.632. The number of amides is 1. The van der Waals surface area contributed by atoms with Crippen LogP contribution in [0, 0.1) is 0 Å². The Hall–Kier alpha value is -1.43. The van der Waals surface area contributed by atoms with Crippen LogP contribution in [0.3, 0.4) is 0 Å². The third-order valence-electron chi connectivity index (χ3n) is 5.57. The van der Waals surface area contributed by atoms with Crippen LogP contribution >= 0.6 is 0 Å². The Morgan fingerprint density at radius 2 is 2.25 bits per heavy atom. The van der Waals surface area contributed by atoms with Crippen molar-refractivity contribution in [1.29, 1.82) is 0 Å². The van der Waals surface area contributed by atoms with Gasteiger partial charge in [0, 0.05) is 32.2 Å². The van der Waals surface area contributed by atoms with Crippen LogP contribution in [-0.2, 0) is 29.1 Å². The zero-order chi connectivity index (χ0) is 16.4. The number of hydrogen-bond acceptors (Lipinski definition) is 4. The van der Waals surface area contributed by atoms with Crippen molar-refractivity contribution in [2.75, 3.05) is 39.3 Å². The summed E-state index contributed by atoms with van der Waals surface area (Å²) in [5.74, 6) is 0.266. The van der Waals surface area contributed by atoms with Gasteiger partial charge < -0.3 is 15.0 Å². The van der Waals surface area contributed by atoms with Crippen LogP contribution in [0.25, 0.3) is 0 Å². The molecule has 0 radical (unpaired) electrons. The quantitative estimate of drug-likeness (QED) is 0.904. The number of piperazine rings is 1. The highest BCUT2D eigenvalue weighted by molar-refractivity contribution is 5.79. The molecule has 24 heavy (non-hydrogen) atoms. The van der Waals surface area contributed by atoms with Gasteiger partial charge in [-0.15, -0.1) is 0 Å². The van der Waals surface area contributed by atoms with Crippen LogP contribution in [0.5, 0.6) is 0 Å². The lowest BCUT2D eigenvalue weighted by Crippen LogP contribution is -2.56. The average molecular weight is 329 g/mol. The van der Waals surface area contributed by atoms with Gasteiger partial charge in [0.15, 0.2) is 0 Å². The maximum Gasteiger partial charge on any atom is 0.236 e. The van der Waals surface area contributed by atoms with Gasteiger partial charge in [0.25, 0.3) is 0 Å². The highest BCUT2D eigenvalue weighted by atomic mass is 16.5. The number of rotatable bonds is 3. The topological polar surface area (TPSA) is 44.8 Å². The third kappa shape index (κ3) is 3.34. The smallest absolute Gasteiger partial charge is 0.236 e. The molecule has 1 unspecified atom stereocenters. The molecule has 1 amide bonds. The normalized spacial score (nSPS) is 25.6. The molecule has 1 N–H and O–H groups in total. The van der Waals surface area contributed by atoms with Crippen LogP contribution in [0.2, 0.25) is 0 Å². The predicted molar refractivity (Wildman–Crippen MR) is 92.7 cm³/mol. The molecule has 0 aliphatic carbocycles. The maximum absolute atomic E-state index is 12.2. The maximum atomic E-state index is 12.2. The lowest BCUT2D eigenvalue weighted by Gasteiger charge is -2.41. The molecule has 0 aromatic heterocycles. The first-order valence-electron chi connectivity index (χ1n) is 9.21. The first-order chi connectivity index (χ1) is 11.8. The van der Waals surface area contributed by atoms with Gasteiger partial charge in [0.05, 0.1) is 19.8 Å². The van der Waals surface area contributed by atoms with Crippen LogP contribution in [-0.4, -0.2) is 61.1 Å². The Balaban J connectivity index is 1.44. The first-order valence-corrected chi connectivity index (χ1v) is 9.21. The van der Waals surface area contributed by atoms with Gasteiger partial charge in [0.2, 0.25) is 5.91 Å². The second-order valence-electron chi connectivity index (χ2n) is 7.15. The van der Waals surface area contributed by atoms with Crippen LogP contribution in [0.4, 0.5) is 0 Å². The van der Waals surface area contributed by atoms with E-state index in [1.165, 1.54) is 23.1 Å². The molecule has 5 nitrogen and oxygen atoms in total. The fourth-order valence-corrected chi connectivity index (χ4v) is 4.33. The standard InChI is InChI=1S/C19H27N3O2/c23-19-11-20-7-9-22(19)17-5-2-8-21(13-17)12-15-3-1-4-16-14-24-10-6-18(15)16/h1,3-4,17,20H,2,5-14H2. The summed E-state index contributed by atoms with van der Waals surface area (Å²) in [5.41, 5.74) is 4.29. The number of piperidine rings is 1. The van der Waals surface area contributed by atoms with Crippen molar-refractivity contribution in [1.82, 2.24) is 15.1 Å². The molecule has 130 valence electrons. The Morgan fingerprint density at radius 3 is 3.17 bits per heavy atom. The van der Waals surface area contributed by atoms with E-state index in [1.54, 1.807) is 0 Å². The zero-order valence-electron chi connectivity index (χ0n) is 14.3. The highest BCUT2D eigenvalue weighted by Gasteiger charge is 2.30. The van der Waals surface area contributed by atoms with Gasteiger partial charge in [-0.1, -0.05) is 18.2 Å². The molecule has 2 fully saturated rings. The molecule has 1 atom stereocenters. The second-order valence-corrected chi connectivity index (χ2v) is 7.15. The average Bonchev–Trinajstić information content (AvgIpc) is 2.63. The molecule has 2 saturated heterocycles. The molecule has 3 aliphatic rings. The summed E-state index contributed by atoms with van der Waals surface area (Å²) in [4.78, 5) is 16.8. The number of likely N-dealkylation sites (tertiary alicyclic amines) is 1. The summed E-state index contributed by atoms with van der Waals surface area (Å²) in [5, 5.41) is 3.17. The molecule has 1 aromatic rings. The summed E-state index contributed by atoms with van der Waals surface area (Å²) in [6, 6.07) is 7.00. The number of nitrogens with one attached hydrogen (secondary N) is 1. The lowest BCUT2D eigenvalue weighted by atomic mass is 9.95. The molecule has 1 aromatic carbocycles. The predicted octanol–water partition coefficient (Wildman–Crippen LogP) is 1.16. The van der Waals surface area contributed by atoms with Crippen molar-refractivity contribution in [3.8, 4) is 0 Å². The molecule has 0 bridgehead atoms. The molecular weight excluding hydrogens is 302 g/mol. The monoisotopic (exact) mass is 329 g/mol. The van der Waals surface area contributed by atoms with Gasteiger partial charge in [-0.05, 0) is 42.5 Å². The van der Waals surface area contributed by atoms with E-state index in [4.69, 9.17) is 4.74 Å². The Labute approximate surface area is 144 Å². The van der Waals surface area contributed by atoms with Gasteiger partial charge in [-0.2, -0.15) is 0 Å². The van der Waals surface area contributed by atoms with Gasteiger partial charge in [0.1, 0.15) is 0 Å². The second kappa shape index (κ2) is 7.21. The van der Waals surface area contributed by atoms with E-state index >= 15 is 0 Å². The summed E-state index contributed by atoms with van der Waals surface area (Å²) in [7, 11) is 0. The summed E-state index contributed by atoms with van der Waals surface area (Å²) in [6.45, 7) is 7.01. The Kier molecular flexibility index (Phi) is 4.83. The number of fused-ring (bicyclic) bond motifs is 1. The summed E-state index contributed by atoms with van der Waals surface area (Å²) in [6.07, 6.45) is 3.35. The molecule has 3 aliphatic heterocycles. The van der Waals surface area contributed by atoms with Crippen molar-refractivity contribution in [2.45, 2.75) is 38.5 Å². The largest absolute Gasteiger partial charge is 0.376 e. The number of hydrogen-bond donors (Lipinski definition) is 1. The molecule has 0 spiro atoms. The van der Waals surface area contributed by atoms with Crippen LogP contribution in [0.15, 0.2) is 18.2 Å². The molecule has 0 saturated carbocycles. The zero-order valence-corrected chi connectivity index (χ0v) is 14.3. The lowest BCUT2D eigenvalue weighted by molar-refractivity contribution is -0.135. The number of carbonyl (C=O) groups excluding carboxylic acids is 1. The number of benzene rings is 1. The minimum Gasteiger partial charge on any atom is -0.376 e. The molecule has 4 rings (SSSR count). The first kappa shape index (κ1) is 16.1. The molecule has 5 heteroatoms. The third-order valence-corrected chi connectivity index (χ3v) is 5.57. The SMILES string of the molecule is O=C1CNCCN1C1CCCN(Cc2cccc3c2CCOC3)C1. The van der Waals surface area contributed by atoms with Crippen molar-refractivity contribution in [2.24, 2.45) is 0 Å². The van der Waals surface area contributed by atoms with Gasteiger partial charge in [-0.3, -0.25) is 9.69 Å². The van der Waals surface area contributed by atoms with E-state index in [0.717, 1.165) is 58.8 Å². The summed E-state index contributed by atoms with van der Waals surface area (Å²) >= 11 is 0. The number of nitrogens with zero attached hydrogens (tertiary/aromatic N) is 2. The minimum atomic E-state index is 0.266. The van der Waals surface area contributed by atoms with Crippen molar-refractivity contribution < 1.29 is 9.53 Å². The number of ether oxygens (including phenoxy) is 1. The van der Waals surface area contributed by atoms with Gasteiger partial charge in [-0.25, -0.2) is 0 Å². The van der Waals surface area contributed by atoms with Crippen LogP contribution in [0.1, 0.15) is 29.5 Å². The van der Waals surface area contributed by atoms with E-state index in [2.05, 4.69) is 33.3 Å². The van der Waals surface area contributed by atoms with E-state index < -0.39 is 0 Å². The van der Waals surface area contributed by atoms with Gasteiger partial charge >= 0.3 is 0 Å². The highest BCUT2D eigenvalue weighted by Crippen LogP contribution is 2.24. The van der Waals surface area contributed by atoms with Crippen molar-refractivity contribution in [3.05, 3.63) is 34.9 Å². The van der Waals surface area contributed by atoms with E-state index in [-0.39, 0.29) is 5.91 Å². The Morgan fingerprint density at radius 1 is 1.29 bits per heavy atom. The van der Waals surface area contributed by atoms with E-state index in [0.29, 0.717) is 12.6 Å². The molecule has 3 heterocycles. The molecular formula is C19H27N3O2. The van der Waals surface area contributed by atoms with E-state index in [1.807, 2.05) is 0 Å².